The predicted molar refractivity (Wildman–Crippen MR) is 116 cm³/mol. The maximum absolute atomic E-state index is 12.3. The van der Waals surface area contributed by atoms with E-state index in [0.29, 0.717) is 10.2 Å². The summed E-state index contributed by atoms with van der Waals surface area (Å²) >= 11 is 6.76. The van der Waals surface area contributed by atoms with Gasteiger partial charge in [0.1, 0.15) is 6.04 Å². The maximum atomic E-state index is 12.3. The van der Waals surface area contributed by atoms with Gasteiger partial charge in [0, 0.05) is 5.69 Å². The van der Waals surface area contributed by atoms with Crippen LogP contribution < -0.4 is 21.5 Å². The molecule has 0 aliphatic carbocycles. The molecule has 1 heterocycles. The van der Waals surface area contributed by atoms with E-state index in [4.69, 9.17) is 12.2 Å². The monoisotopic (exact) mass is 399 g/mol. The highest BCUT2D eigenvalue weighted by atomic mass is 32.1. The number of aromatic nitrogens is 1. The summed E-state index contributed by atoms with van der Waals surface area (Å²) in [4.78, 5) is 16.8. The van der Waals surface area contributed by atoms with Gasteiger partial charge in [-0.05, 0) is 62.3 Å². The zero-order valence-corrected chi connectivity index (χ0v) is 16.9. The van der Waals surface area contributed by atoms with Crippen molar-refractivity contribution in [1.29, 1.82) is 0 Å². The number of fused-ring (bicyclic) bond motifs is 1. The number of hydrogen-bond donors (Lipinski definition) is 4. The molecule has 0 saturated carbocycles. The highest BCUT2D eigenvalue weighted by molar-refractivity contribution is 7.80. The lowest BCUT2D eigenvalue weighted by Crippen LogP contribution is -2.49. The second-order valence-corrected chi connectivity index (χ2v) is 7.68. The van der Waals surface area contributed by atoms with Crippen LogP contribution in [0.4, 0.5) is 10.8 Å². The summed E-state index contributed by atoms with van der Waals surface area (Å²) in [6.07, 6.45) is 0. The lowest BCUT2D eigenvalue weighted by Gasteiger charge is -2.16. The fraction of sp³-hybridized carbons (Fsp3) is 0.211. The van der Waals surface area contributed by atoms with E-state index in [-0.39, 0.29) is 5.91 Å². The van der Waals surface area contributed by atoms with Crippen molar-refractivity contribution in [3.63, 3.8) is 0 Å². The molecule has 0 saturated heterocycles. The predicted octanol–water partition coefficient (Wildman–Crippen LogP) is 3.73. The van der Waals surface area contributed by atoms with Crippen LogP contribution in [0.5, 0.6) is 0 Å². The average Bonchev–Trinajstić information content (AvgIpc) is 3.05. The smallest absolute Gasteiger partial charge is 0.260 e. The van der Waals surface area contributed by atoms with Crippen molar-refractivity contribution in [3.05, 3.63) is 53.6 Å². The van der Waals surface area contributed by atoms with E-state index >= 15 is 0 Å². The fourth-order valence-corrected chi connectivity index (χ4v) is 3.55. The van der Waals surface area contributed by atoms with E-state index in [9.17, 15) is 4.79 Å². The lowest BCUT2D eigenvalue weighted by molar-refractivity contribution is -0.122. The molecule has 4 N–H and O–H groups in total. The first-order valence-corrected chi connectivity index (χ1v) is 9.71. The molecule has 0 aliphatic rings. The quantitative estimate of drug-likeness (QED) is 0.396. The van der Waals surface area contributed by atoms with Crippen LogP contribution >= 0.6 is 23.6 Å². The molecule has 1 aromatic heterocycles. The van der Waals surface area contributed by atoms with E-state index in [2.05, 4.69) is 26.5 Å². The summed E-state index contributed by atoms with van der Waals surface area (Å²) < 4.78 is 1.07. The minimum atomic E-state index is -0.471. The molecule has 140 valence electrons. The standard InChI is InChI=1S/C19H21N5OS2/c1-11-8-9-12(2)15(10-11)21-18(26)24-23-17(25)13(3)20-19-22-14-6-4-5-7-16(14)27-19/h4-10,13H,1-3H3,(H,20,22)(H,23,25)(H2,21,24,26)/t13-/m1/s1. The van der Waals surface area contributed by atoms with E-state index < -0.39 is 6.04 Å². The van der Waals surface area contributed by atoms with Crippen molar-refractivity contribution < 1.29 is 4.79 Å². The number of anilines is 2. The van der Waals surface area contributed by atoms with Gasteiger partial charge >= 0.3 is 0 Å². The number of benzene rings is 2. The zero-order valence-electron chi connectivity index (χ0n) is 15.3. The van der Waals surface area contributed by atoms with Crippen molar-refractivity contribution in [2.24, 2.45) is 0 Å². The van der Waals surface area contributed by atoms with Gasteiger partial charge in [0.2, 0.25) is 0 Å². The lowest BCUT2D eigenvalue weighted by atomic mass is 10.1. The normalized spacial score (nSPS) is 11.7. The summed E-state index contributed by atoms with van der Waals surface area (Å²) in [6.45, 7) is 5.77. The van der Waals surface area contributed by atoms with Gasteiger partial charge in [-0.1, -0.05) is 35.6 Å². The third-order valence-electron chi connectivity index (χ3n) is 3.97. The molecule has 1 amide bonds. The second kappa shape index (κ2) is 8.32. The largest absolute Gasteiger partial charge is 0.350 e. The summed E-state index contributed by atoms with van der Waals surface area (Å²) in [5, 5.41) is 7.23. The first-order chi connectivity index (χ1) is 12.9. The third kappa shape index (κ3) is 4.93. The number of para-hydroxylation sites is 1. The van der Waals surface area contributed by atoms with Crippen LogP contribution in [0.3, 0.4) is 0 Å². The molecule has 2 aromatic carbocycles. The topological polar surface area (TPSA) is 78.1 Å². The van der Waals surface area contributed by atoms with Gasteiger partial charge in [0.25, 0.3) is 5.91 Å². The molecule has 8 heteroatoms. The highest BCUT2D eigenvalue weighted by Gasteiger charge is 2.15. The van der Waals surface area contributed by atoms with Crippen LogP contribution in [-0.2, 0) is 4.79 Å². The number of carbonyl (C=O) groups excluding carboxylic acids is 1. The van der Waals surface area contributed by atoms with Gasteiger partial charge in [-0.2, -0.15) is 0 Å². The van der Waals surface area contributed by atoms with Gasteiger partial charge in [0.15, 0.2) is 10.2 Å². The number of hydrogen-bond acceptors (Lipinski definition) is 5. The molecule has 27 heavy (non-hydrogen) atoms. The summed E-state index contributed by atoms with van der Waals surface area (Å²) in [6, 6.07) is 13.4. The number of rotatable bonds is 4. The number of nitrogens with zero attached hydrogens (tertiary/aromatic N) is 1. The molecular weight excluding hydrogens is 378 g/mol. The number of hydrazine groups is 1. The molecule has 0 unspecified atom stereocenters. The Hall–Kier alpha value is -2.71. The molecule has 3 rings (SSSR count). The molecular formula is C19H21N5OS2. The average molecular weight is 400 g/mol. The van der Waals surface area contributed by atoms with Crippen LogP contribution in [0.25, 0.3) is 10.2 Å². The van der Waals surface area contributed by atoms with E-state index in [0.717, 1.165) is 27.0 Å². The minimum absolute atomic E-state index is 0.237. The number of amides is 1. The van der Waals surface area contributed by atoms with Crippen molar-refractivity contribution >= 4 is 55.6 Å². The molecule has 0 aliphatic heterocycles. The van der Waals surface area contributed by atoms with Crippen LogP contribution in [0, 0.1) is 13.8 Å². The van der Waals surface area contributed by atoms with Crippen LogP contribution in [0.15, 0.2) is 42.5 Å². The Kier molecular flexibility index (Phi) is 5.88. The van der Waals surface area contributed by atoms with E-state index in [1.807, 2.05) is 56.3 Å². The molecule has 1 atom stereocenters. The SMILES string of the molecule is Cc1ccc(C)c(NC(=S)NNC(=O)[C@@H](C)Nc2nc3ccccc3s2)c1. The zero-order chi connectivity index (χ0) is 19.4. The number of thiocarbonyl (C=S) groups is 1. The first-order valence-electron chi connectivity index (χ1n) is 8.48. The molecule has 0 radical (unpaired) electrons. The second-order valence-electron chi connectivity index (χ2n) is 6.24. The Balaban J connectivity index is 1.52. The van der Waals surface area contributed by atoms with Gasteiger partial charge in [0.05, 0.1) is 10.2 Å². The number of aryl methyl sites for hydroxylation is 2. The molecule has 0 bridgehead atoms. The van der Waals surface area contributed by atoms with Crippen LogP contribution in [-0.4, -0.2) is 22.0 Å². The van der Waals surface area contributed by atoms with Crippen molar-refractivity contribution in [2.45, 2.75) is 26.8 Å². The summed E-state index contributed by atoms with van der Waals surface area (Å²) in [5.74, 6) is -0.237. The van der Waals surface area contributed by atoms with Gasteiger partial charge in [-0.15, -0.1) is 0 Å². The Morgan fingerprint density at radius 1 is 1.15 bits per heavy atom. The van der Waals surface area contributed by atoms with Crippen molar-refractivity contribution in [3.8, 4) is 0 Å². The number of nitrogens with one attached hydrogen (secondary N) is 4. The first kappa shape index (κ1) is 19.1. The minimum Gasteiger partial charge on any atom is -0.350 e. The summed E-state index contributed by atoms with van der Waals surface area (Å²) in [7, 11) is 0. The Bertz CT molecular complexity index is 952. The molecule has 0 spiro atoms. The van der Waals surface area contributed by atoms with Crippen LogP contribution in [0.2, 0.25) is 0 Å². The maximum Gasteiger partial charge on any atom is 0.260 e. The Morgan fingerprint density at radius 2 is 1.93 bits per heavy atom. The van der Waals surface area contributed by atoms with Crippen LogP contribution in [0.1, 0.15) is 18.1 Å². The van der Waals surface area contributed by atoms with Gasteiger partial charge < -0.3 is 10.6 Å². The van der Waals surface area contributed by atoms with E-state index in [1.54, 1.807) is 6.92 Å². The fourth-order valence-electron chi connectivity index (χ4n) is 2.44. The Labute approximate surface area is 167 Å². The van der Waals surface area contributed by atoms with Gasteiger partial charge in [-0.25, -0.2) is 4.98 Å². The van der Waals surface area contributed by atoms with Crippen molar-refractivity contribution in [1.82, 2.24) is 15.8 Å². The molecule has 0 fully saturated rings. The number of carbonyl (C=O) groups is 1. The third-order valence-corrected chi connectivity index (χ3v) is 5.14. The number of thiazole rings is 1. The molecule has 6 nitrogen and oxygen atoms in total. The Morgan fingerprint density at radius 3 is 2.70 bits per heavy atom. The van der Waals surface area contributed by atoms with Gasteiger partial charge in [-0.3, -0.25) is 15.6 Å². The summed E-state index contributed by atoms with van der Waals surface area (Å²) in [5.41, 5.74) is 9.36. The highest BCUT2D eigenvalue weighted by Crippen LogP contribution is 2.25. The molecule has 3 aromatic rings. The van der Waals surface area contributed by atoms with Crippen molar-refractivity contribution in [2.75, 3.05) is 10.6 Å². The van der Waals surface area contributed by atoms with E-state index in [1.165, 1.54) is 11.3 Å².